The number of fused-ring (bicyclic) bond motifs is 1. The predicted molar refractivity (Wildman–Crippen MR) is 83.2 cm³/mol. The normalized spacial score (nSPS) is 13.0. The maximum atomic E-state index is 11.9. The Kier molecular flexibility index (Phi) is 5.41. The van der Waals surface area contributed by atoms with Crippen LogP contribution in [-0.2, 0) is 19.1 Å². The molecule has 1 aliphatic rings. The van der Waals surface area contributed by atoms with Crippen molar-refractivity contribution in [1.29, 1.82) is 0 Å². The summed E-state index contributed by atoms with van der Waals surface area (Å²) in [6.07, 6.45) is 0.937. The van der Waals surface area contributed by atoms with Crippen molar-refractivity contribution in [2.75, 3.05) is 32.8 Å². The molecule has 128 valence electrons. The lowest BCUT2D eigenvalue weighted by molar-refractivity contribution is -0.138. The van der Waals surface area contributed by atoms with E-state index in [1.165, 1.54) is 33.3 Å². The van der Waals surface area contributed by atoms with E-state index >= 15 is 0 Å². The van der Waals surface area contributed by atoms with Crippen molar-refractivity contribution >= 4 is 23.4 Å². The van der Waals surface area contributed by atoms with Crippen molar-refractivity contribution in [2.45, 2.75) is 6.92 Å². The van der Waals surface area contributed by atoms with Gasteiger partial charge in [-0.1, -0.05) is 0 Å². The zero-order chi connectivity index (χ0) is 17.7. The molecule has 0 saturated heterocycles. The van der Waals surface area contributed by atoms with Gasteiger partial charge in [-0.3, -0.25) is 4.79 Å². The van der Waals surface area contributed by atoms with E-state index in [2.05, 4.69) is 14.8 Å². The van der Waals surface area contributed by atoms with Crippen molar-refractivity contribution < 1.29 is 33.3 Å². The number of rotatable bonds is 5. The highest BCUT2D eigenvalue weighted by Crippen LogP contribution is 2.36. The lowest BCUT2D eigenvalue weighted by atomic mass is 10.1. The van der Waals surface area contributed by atoms with Gasteiger partial charge in [-0.25, -0.2) is 9.59 Å². The van der Waals surface area contributed by atoms with Gasteiger partial charge in [0.2, 0.25) is 0 Å². The summed E-state index contributed by atoms with van der Waals surface area (Å²) in [4.78, 5) is 35.1. The van der Waals surface area contributed by atoms with Crippen molar-refractivity contribution in [3.05, 3.63) is 29.5 Å². The Bertz CT molecular complexity index is 709. The molecule has 0 atom stereocenters. The highest BCUT2D eigenvalue weighted by Gasteiger charge is 2.21. The molecule has 0 aromatic heterocycles. The second kappa shape index (κ2) is 7.49. The van der Waals surface area contributed by atoms with E-state index in [0.29, 0.717) is 24.7 Å². The molecule has 0 bridgehead atoms. The molecule has 1 heterocycles. The smallest absolute Gasteiger partial charge is 0.354 e. The maximum absolute atomic E-state index is 11.9. The first kappa shape index (κ1) is 17.3. The number of nitrogens with one attached hydrogen (secondary N) is 1. The largest absolute Gasteiger partial charge is 0.486 e. The summed E-state index contributed by atoms with van der Waals surface area (Å²) in [5.41, 5.74) is 0.384. The van der Waals surface area contributed by atoms with Gasteiger partial charge in [0.25, 0.3) is 0 Å². The van der Waals surface area contributed by atoms with E-state index in [4.69, 9.17) is 9.47 Å². The van der Waals surface area contributed by atoms with Gasteiger partial charge in [-0.15, -0.1) is 0 Å². The van der Waals surface area contributed by atoms with Gasteiger partial charge >= 0.3 is 11.9 Å². The molecule has 0 spiro atoms. The second-order valence-corrected chi connectivity index (χ2v) is 4.80. The minimum absolute atomic E-state index is 0.177. The summed E-state index contributed by atoms with van der Waals surface area (Å²) in [5.74, 6) is -0.920. The van der Waals surface area contributed by atoms with Gasteiger partial charge in [-0.2, -0.15) is 0 Å². The van der Waals surface area contributed by atoms with E-state index in [1.807, 2.05) is 0 Å². The van der Waals surface area contributed by atoms with Crippen LogP contribution in [0.5, 0.6) is 11.5 Å². The summed E-state index contributed by atoms with van der Waals surface area (Å²) >= 11 is 0. The number of ether oxygens (including phenoxy) is 4. The molecule has 1 aliphatic heterocycles. The van der Waals surface area contributed by atoms with Crippen molar-refractivity contribution in [3.8, 4) is 11.5 Å². The van der Waals surface area contributed by atoms with Crippen LogP contribution >= 0.6 is 0 Å². The molecule has 0 aliphatic carbocycles. The number of hydrogen-bond donors (Lipinski definition) is 1. The van der Waals surface area contributed by atoms with Crippen LogP contribution < -0.4 is 14.8 Å². The molecule has 0 fully saturated rings. The number of carbonyl (C=O) groups excluding carboxylic acids is 3. The average molecular weight is 335 g/mol. The summed E-state index contributed by atoms with van der Waals surface area (Å²) in [7, 11) is 2.35. The molecule has 24 heavy (non-hydrogen) atoms. The highest BCUT2D eigenvalue weighted by molar-refractivity contribution is 6.04. The Labute approximate surface area is 138 Å². The molecule has 8 nitrogen and oxygen atoms in total. The summed E-state index contributed by atoms with van der Waals surface area (Å²) in [6, 6.07) is 3.05. The Morgan fingerprint density at radius 1 is 1.08 bits per heavy atom. The number of benzene rings is 1. The summed E-state index contributed by atoms with van der Waals surface area (Å²) in [6.45, 7) is 2.12. The quantitative estimate of drug-likeness (QED) is 0.488. The molecule has 0 unspecified atom stereocenters. The number of ketones is 1. The van der Waals surface area contributed by atoms with Crippen LogP contribution in [0.1, 0.15) is 17.3 Å². The fourth-order valence-electron chi connectivity index (χ4n) is 2.06. The third kappa shape index (κ3) is 3.83. The van der Waals surface area contributed by atoms with E-state index in [-0.39, 0.29) is 22.7 Å². The molecular weight excluding hydrogens is 318 g/mol. The van der Waals surface area contributed by atoms with Crippen LogP contribution in [0.25, 0.3) is 0 Å². The number of carbonyl (C=O) groups is 3. The zero-order valence-electron chi connectivity index (χ0n) is 13.5. The lowest BCUT2D eigenvalue weighted by Crippen LogP contribution is -2.19. The average Bonchev–Trinajstić information content (AvgIpc) is 2.59. The van der Waals surface area contributed by atoms with Gasteiger partial charge in [0.1, 0.15) is 18.9 Å². The third-order valence-electron chi connectivity index (χ3n) is 3.20. The van der Waals surface area contributed by atoms with Gasteiger partial charge < -0.3 is 24.3 Å². The topological polar surface area (TPSA) is 100 Å². The number of methoxy groups -OCH3 is 2. The van der Waals surface area contributed by atoms with Crippen LogP contribution in [0, 0.1) is 0 Å². The molecule has 1 aromatic carbocycles. The number of esters is 2. The first-order chi connectivity index (χ1) is 11.5. The molecule has 0 amide bonds. The first-order valence-electron chi connectivity index (χ1n) is 7.05. The van der Waals surface area contributed by atoms with Crippen molar-refractivity contribution in [2.24, 2.45) is 0 Å². The van der Waals surface area contributed by atoms with Gasteiger partial charge in [0.15, 0.2) is 17.3 Å². The fourth-order valence-corrected chi connectivity index (χ4v) is 2.06. The standard InChI is InChI=1S/C16H17NO7/c1-9(18)10-6-13-14(24-5-4-23-13)7-11(10)17-12(16(20)22-3)8-15(19)21-2/h6-8,17H,4-5H2,1-3H3/b12-8+. The number of anilines is 1. The Morgan fingerprint density at radius 2 is 1.71 bits per heavy atom. The molecule has 0 radical (unpaired) electrons. The number of hydrogen-bond acceptors (Lipinski definition) is 8. The number of Topliss-reactive ketones (excluding diaryl/α,β-unsaturated/α-hetero) is 1. The highest BCUT2D eigenvalue weighted by atomic mass is 16.6. The zero-order valence-corrected chi connectivity index (χ0v) is 13.5. The van der Waals surface area contributed by atoms with Crippen LogP contribution in [-0.4, -0.2) is 45.2 Å². The predicted octanol–water partition coefficient (Wildman–Crippen LogP) is 1.30. The molecule has 8 heteroatoms. The summed E-state index contributed by atoms with van der Waals surface area (Å²) < 4.78 is 20.0. The monoisotopic (exact) mass is 335 g/mol. The van der Waals surface area contributed by atoms with Crippen LogP contribution in [0.3, 0.4) is 0 Å². The van der Waals surface area contributed by atoms with Gasteiger partial charge in [-0.05, 0) is 13.0 Å². The minimum atomic E-state index is -0.787. The summed E-state index contributed by atoms with van der Waals surface area (Å²) in [5, 5.41) is 2.72. The van der Waals surface area contributed by atoms with E-state index in [9.17, 15) is 14.4 Å². The Balaban J connectivity index is 2.45. The molecule has 1 N–H and O–H groups in total. The lowest BCUT2D eigenvalue weighted by Gasteiger charge is -2.21. The van der Waals surface area contributed by atoms with Crippen molar-refractivity contribution in [3.63, 3.8) is 0 Å². The minimum Gasteiger partial charge on any atom is -0.486 e. The van der Waals surface area contributed by atoms with Gasteiger partial charge in [0.05, 0.1) is 26.0 Å². The molecule has 0 saturated carbocycles. The Morgan fingerprint density at radius 3 is 2.25 bits per heavy atom. The van der Waals surface area contributed by atoms with E-state index in [0.717, 1.165) is 6.08 Å². The fraction of sp³-hybridized carbons (Fsp3) is 0.312. The first-order valence-corrected chi connectivity index (χ1v) is 7.05. The van der Waals surface area contributed by atoms with E-state index < -0.39 is 11.9 Å². The van der Waals surface area contributed by atoms with Crippen LogP contribution in [0.4, 0.5) is 5.69 Å². The second-order valence-electron chi connectivity index (χ2n) is 4.80. The molecule has 2 rings (SSSR count). The van der Waals surface area contributed by atoms with Gasteiger partial charge in [0, 0.05) is 11.6 Å². The van der Waals surface area contributed by atoms with Crippen LogP contribution in [0.2, 0.25) is 0 Å². The molecular formula is C16H17NO7. The SMILES string of the molecule is COC(=O)/C=C(/Nc1cc2c(cc1C(C)=O)OCCO2)C(=O)OC. The van der Waals surface area contributed by atoms with E-state index in [1.54, 1.807) is 0 Å². The third-order valence-corrected chi connectivity index (χ3v) is 3.20. The van der Waals surface area contributed by atoms with Crippen molar-refractivity contribution in [1.82, 2.24) is 0 Å². The molecule has 1 aromatic rings. The maximum Gasteiger partial charge on any atom is 0.354 e. The van der Waals surface area contributed by atoms with Crippen LogP contribution in [0.15, 0.2) is 23.9 Å². The Hall–Kier alpha value is -3.03.